The highest BCUT2D eigenvalue weighted by molar-refractivity contribution is 6.08. The monoisotopic (exact) mass is 215 g/mol. The van der Waals surface area contributed by atoms with E-state index in [1.165, 1.54) is 11.1 Å². The minimum atomic E-state index is -0.295. The topological polar surface area (TPSA) is 37.4 Å². The molecular formula is C13H13NO2. The fraction of sp³-hybridized carbons (Fsp3) is 0.385. The number of hydrogen-bond donors (Lipinski definition) is 0. The van der Waals surface area contributed by atoms with Crippen LogP contribution in [0.5, 0.6) is 0 Å². The highest BCUT2D eigenvalue weighted by Gasteiger charge is 2.42. The maximum absolute atomic E-state index is 11.8. The van der Waals surface area contributed by atoms with Crippen molar-refractivity contribution in [1.82, 2.24) is 4.90 Å². The summed E-state index contributed by atoms with van der Waals surface area (Å²) in [5.74, 6) is 0.0405. The smallest absolute Gasteiger partial charge is 0.231 e. The minimum Gasteiger partial charge on any atom is -0.328 e. The van der Waals surface area contributed by atoms with Crippen LogP contribution < -0.4 is 0 Å². The van der Waals surface area contributed by atoms with E-state index in [0.717, 1.165) is 12.0 Å². The van der Waals surface area contributed by atoms with Crippen LogP contribution in [0.4, 0.5) is 0 Å². The second-order valence-corrected chi connectivity index (χ2v) is 4.53. The lowest BCUT2D eigenvalue weighted by Crippen LogP contribution is -2.35. The molecule has 1 unspecified atom stereocenters. The van der Waals surface area contributed by atoms with E-state index in [4.69, 9.17) is 0 Å². The molecule has 0 aliphatic carbocycles. The number of amides is 1. The average molecular weight is 215 g/mol. The summed E-state index contributed by atoms with van der Waals surface area (Å²) in [6.07, 6.45) is 0.954. The summed E-state index contributed by atoms with van der Waals surface area (Å²) in [4.78, 5) is 25.2. The second-order valence-electron chi connectivity index (χ2n) is 4.53. The molecule has 16 heavy (non-hydrogen) atoms. The second kappa shape index (κ2) is 3.17. The van der Waals surface area contributed by atoms with E-state index in [-0.39, 0.29) is 24.2 Å². The molecule has 1 atom stereocenters. The summed E-state index contributed by atoms with van der Waals surface area (Å²) in [5.41, 5.74) is 3.53. The van der Waals surface area contributed by atoms with Crippen molar-refractivity contribution in [3.8, 4) is 0 Å². The van der Waals surface area contributed by atoms with Crippen LogP contribution in [0, 0.1) is 6.92 Å². The number of hydrogen-bond acceptors (Lipinski definition) is 2. The molecule has 82 valence electrons. The molecule has 1 aromatic rings. The van der Waals surface area contributed by atoms with Crippen molar-refractivity contribution in [2.45, 2.75) is 25.8 Å². The molecule has 1 fully saturated rings. The summed E-state index contributed by atoms with van der Waals surface area (Å²) in [7, 11) is 0. The van der Waals surface area contributed by atoms with Crippen LogP contribution >= 0.6 is 0 Å². The number of Topliss-reactive ketones (excluding diaryl/α,β-unsaturated/α-hetero) is 1. The Morgan fingerprint density at radius 2 is 2.12 bits per heavy atom. The molecule has 3 heteroatoms. The van der Waals surface area contributed by atoms with Crippen LogP contribution in [-0.2, 0) is 16.0 Å². The van der Waals surface area contributed by atoms with Crippen molar-refractivity contribution >= 4 is 11.7 Å². The zero-order valence-electron chi connectivity index (χ0n) is 9.19. The zero-order valence-corrected chi connectivity index (χ0v) is 9.19. The first-order valence-electron chi connectivity index (χ1n) is 5.59. The molecule has 1 saturated heterocycles. The highest BCUT2D eigenvalue weighted by Crippen LogP contribution is 2.36. The van der Waals surface area contributed by atoms with Gasteiger partial charge in [-0.25, -0.2) is 0 Å². The van der Waals surface area contributed by atoms with Crippen molar-refractivity contribution in [2.75, 3.05) is 6.54 Å². The van der Waals surface area contributed by atoms with E-state index < -0.39 is 0 Å². The lowest BCUT2D eigenvalue weighted by atomic mass is 9.89. The van der Waals surface area contributed by atoms with Gasteiger partial charge in [-0.05, 0) is 30.0 Å². The Morgan fingerprint density at radius 1 is 1.31 bits per heavy atom. The summed E-state index contributed by atoms with van der Waals surface area (Å²) in [6, 6.07) is 5.72. The number of rotatable bonds is 0. The molecule has 2 heterocycles. The maximum Gasteiger partial charge on any atom is 0.231 e. The van der Waals surface area contributed by atoms with E-state index >= 15 is 0 Å². The minimum absolute atomic E-state index is 0.0119. The first-order valence-corrected chi connectivity index (χ1v) is 5.59. The van der Waals surface area contributed by atoms with E-state index in [1.54, 1.807) is 4.90 Å². The SMILES string of the molecule is Cc1cccc2c1CCN1C(=O)CC(=O)C21. The van der Waals surface area contributed by atoms with E-state index in [1.807, 2.05) is 12.1 Å². The fourth-order valence-corrected chi connectivity index (χ4v) is 2.82. The van der Waals surface area contributed by atoms with Crippen molar-refractivity contribution in [1.29, 1.82) is 0 Å². The molecule has 2 aliphatic rings. The predicted octanol–water partition coefficient (Wildman–Crippen LogP) is 1.39. The average Bonchev–Trinajstić information content (AvgIpc) is 2.55. The Balaban J connectivity index is 2.16. The molecule has 3 rings (SSSR count). The quantitative estimate of drug-likeness (QED) is 0.613. The largest absolute Gasteiger partial charge is 0.328 e. The molecule has 0 bridgehead atoms. The van der Waals surface area contributed by atoms with E-state index in [0.29, 0.717) is 6.54 Å². The van der Waals surface area contributed by atoms with Gasteiger partial charge in [-0.2, -0.15) is 0 Å². The zero-order chi connectivity index (χ0) is 11.3. The van der Waals surface area contributed by atoms with Gasteiger partial charge in [0.15, 0.2) is 5.78 Å². The first kappa shape index (κ1) is 9.58. The molecule has 1 aromatic carbocycles. The lowest BCUT2D eigenvalue weighted by molar-refractivity contribution is -0.129. The summed E-state index contributed by atoms with van der Waals surface area (Å²) in [5, 5.41) is 0. The van der Waals surface area contributed by atoms with Gasteiger partial charge in [0.2, 0.25) is 5.91 Å². The Labute approximate surface area is 94.1 Å². The number of carbonyl (C=O) groups is 2. The molecule has 3 nitrogen and oxygen atoms in total. The number of ketones is 1. The number of aryl methyl sites for hydroxylation is 1. The molecule has 2 aliphatic heterocycles. The number of carbonyl (C=O) groups excluding carboxylic acids is 2. The Kier molecular flexibility index (Phi) is 1.90. The Hall–Kier alpha value is -1.64. The van der Waals surface area contributed by atoms with Crippen molar-refractivity contribution in [2.24, 2.45) is 0 Å². The van der Waals surface area contributed by atoms with Crippen LogP contribution in [-0.4, -0.2) is 23.1 Å². The number of fused-ring (bicyclic) bond motifs is 3. The predicted molar refractivity (Wildman–Crippen MR) is 59.0 cm³/mol. The standard InChI is InChI=1S/C13H13NO2/c1-8-3-2-4-10-9(8)5-6-14-12(16)7-11(15)13(10)14/h2-4,13H,5-7H2,1H3. The normalized spacial score (nSPS) is 23.3. The highest BCUT2D eigenvalue weighted by atomic mass is 16.2. The van der Waals surface area contributed by atoms with Crippen molar-refractivity contribution in [3.63, 3.8) is 0 Å². The molecule has 0 saturated carbocycles. The van der Waals surface area contributed by atoms with Crippen LogP contribution in [0.15, 0.2) is 18.2 Å². The summed E-state index contributed by atoms with van der Waals surface area (Å²) >= 11 is 0. The van der Waals surface area contributed by atoms with E-state index in [9.17, 15) is 9.59 Å². The van der Waals surface area contributed by atoms with Crippen molar-refractivity contribution < 1.29 is 9.59 Å². The summed E-state index contributed by atoms with van der Waals surface area (Å²) < 4.78 is 0. The van der Waals surface area contributed by atoms with Gasteiger partial charge >= 0.3 is 0 Å². The molecule has 0 radical (unpaired) electrons. The van der Waals surface area contributed by atoms with Gasteiger partial charge in [-0.15, -0.1) is 0 Å². The third-order valence-corrected chi connectivity index (χ3v) is 3.61. The number of benzene rings is 1. The van der Waals surface area contributed by atoms with Crippen molar-refractivity contribution in [3.05, 3.63) is 34.9 Å². The van der Waals surface area contributed by atoms with Gasteiger partial charge in [0.1, 0.15) is 6.04 Å². The van der Waals surface area contributed by atoms with E-state index in [2.05, 4.69) is 13.0 Å². The molecular weight excluding hydrogens is 202 g/mol. The third-order valence-electron chi connectivity index (χ3n) is 3.61. The summed E-state index contributed by atoms with van der Waals surface area (Å²) in [6.45, 7) is 2.75. The first-order chi connectivity index (χ1) is 7.68. The van der Waals surface area contributed by atoms with Gasteiger partial charge in [0, 0.05) is 6.54 Å². The van der Waals surface area contributed by atoms with Gasteiger partial charge in [-0.3, -0.25) is 9.59 Å². The van der Waals surface area contributed by atoms with Gasteiger partial charge in [-0.1, -0.05) is 18.2 Å². The molecule has 0 aromatic heterocycles. The lowest BCUT2D eigenvalue weighted by Gasteiger charge is -2.31. The Morgan fingerprint density at radius 3 is 2.94 bits per heavy atom. The van der Waals surface area contributed by atoms with Crippen LogP contribution in [0.2, 0.25) is 0 Å². The maximum atomic E-state index is 11.8. The van der Waals surface area contributed by atoms with Crippen LogP contribution in [0.1, 0.15) is 29.2 Å². The molecule has 0 N–H and O–H groups in total. The Bertz CT molecular complexity index is 493. The molecule has 0 spiro atoms. The van der Waals surface area contributed by atoms with Gasteiger partial charge in [0.25, 0.3) is 0 Å². The number of nitrogens with zero attached hydrogens (tertiary/aromatic N) is 1. The van der Waals surface area contributed by atoms with Gasteiger partial charge in [0.05, 0.1) is 6.42 Å². The van der Waals surface area contributed by atoms with Crippen LogP contribution in [0.3, 0.4) is 0 Å². The fourth-order valence-electron chi connectivity index (χ4n) is 2.82. The molecule has 1 amide bonds. The van der Waals surface area contributed by atoms with Crippen LogP contribution in [0.25, 0.3) is 0 Å². The third kappa shape index (κ3) is 1.14. The van der Waals surface area contributed by atoms with Gasteiger partial charge < -0.3 is 4.90 Å².